The average molecular weight is 350 g/mol. The van der Waals surface area contributed by atoms with Crippen LogP contribution in [0.4, 0.5) is 10.5 Å². The summed E-state index contributed by atoms with van der Waals surface area (Å²) < 4.78 is 5.21. The van der Waals surface area contributed by atoms with E-state index in [9.17, 15) is 9.90 Å². The van der Waals surface area contributed by atoms with Crippen molar-refractivity contribution < 1.29 is 14.6 Å². The molecule has 0 saturated heterocycles. The maximum atomic E-state index is 12.1. The van der Waals surface area contributed by atoms with Crippen molar-refractivity contribution in [3.05, 3.63) is 72.3 Å². The number of amides is 2. The van der Waals surface area contributed by atoms with E-state index in [0.29, 0.717) is 24.4 Å². The van der Waals surface area contributed by atoms with Crippen molar-refractivity contribution in [2.45, 2.75) is 12.5 Å². The number of hydrogen-bond acceptors (Lipinski definition) is 3. The van der Waals surface area contributed by atoms with E-state index in [1.165, 1.54) is 0 Å². The molecule has 0 bridgehead atoms. The fourth-order valence-electron chi connectivity index (χ4n) is 2.93. The molecule has 3 rings (SSSR count). The number of anilines is 1. The van der Waals surface area contributed by atoms with E-state index in [0.717, 1.165) is 16.3 Å². The monoisotopic (exact) mass is 350 g/mol. The quantitative estimate of drug-likeness (QED) is 0.627. The van der Waals surface area contributed by atoms with Gasteiger partial charge in [-0.1, -0.05) is 54.6 Å². The molecule has 0 unspecified atom stereocenters. The minimum atomic E-state index is -0.646. The number of hydrogen-bond donors (Lipinski definition) is 3. The van der Waals surface area contributed by atoms with Crippen molar-refractivity contribution >= 4 is 22.5 Å². The second kappa shape index (κ2) is 8.36. The molecule has 0 spiro atoms. The van der Waals surface area contributed by atoms with Crippen LogP contribution in [0.1, 0.15) is 18.1 Å². The molecule has 5 heteroatoms. The fraction of sp³-hybridized carbons (Fsp3) is 0.190. The van der Waals surface area contributed by atoms with E-state index in [2.05, 4.69) is 10.6 Å². The van der Waals surface area contributed by atoms with Crippen LogP contribution in [-0.2, 0) is 0 Å². The Balaban J connectivity index is 1.56. The summed E-state index contributed by atoms with van der Waals surface area (Å²) in [6.45, 7) is 0.353. The van der Waals surface area contributed by atoms with Gasteiger partial charge >= 0.3 is 6.03 Å². The lowest BCUT2D eigenvalue weighted by Crippen LogP contribution is -2.30. The number of carbonyl (C=O) groups is 1. The molecule has 0 aromatic heterocycles. The summed E-state index contributed by atoms with van der Waals surface area (Å²) in [4.78, 5) is 12.1. The standard InChI is InChI=1S/C21H22N2O3/c1-26-20-12-5-4-11-18(20)23-21(25)22-14-13-19(24)17-10-6-8-15-7-2-3-9-16(15)17/h2-12,19,24H,13-14H2,1H3,(H2,22,23,25)/t19-/m0/s1. The number of rotatable bonds is 6. The Bertz CT molecular complexity index is 890. The van der Waals surface area contributed by atoms with Crippen LogP contribution in [0, 0.1) is 0 Å². The van der Waals surface area contributed by atoms with Gasteiger partial charge in [0.15, 0.2) is 0 Å². The fourth-order valence-corrected chi connectivity index (χ4v) is 2.93. The van der Waals surface area contributed by atoms with Gasteiger partial charge in [-0.2, -0.15) is 0 Å². The Hall–Kier alpha value is -3.05. The van der Waals surface area contributed by atoms with Gasteiger partial charge in [-0.3, -0.25) is 0 Å². The van der Waals surface area contributed by atoms with Crippen LogP contribution in [0.5, 0.6) is 5.75 Å². The highest BCUT2D eigenvalue weighted by atomic mass is 16.5. The average Bonchev–Trinajstić information content (AvgIpc) is 2.68. The molecule has 0 radical (unpaired) electrons. The molecule has 1 atom stereocenters. The molecule has 0 heterocycles. The number of carbonyl (C=O) groups excluding carboxylic acids is 1. The Morgan fingerprint density at radius 3 is 2.62 bits per heavy atom. The first kappa shape index (κ1) is 17.8. The Morgan fingerprint density at radius 2 is 1.77 bits per heavy atom. The van der Waals surface area contributed by atoms with Crippen molar-refractivity contribution in [2.75, 3.05) is 19.0 Å². The lowest BCUT2D eigenvalue weighted by molar-refractivity contribution is 0.169. The van der Waals surface area contributed by atoms with Crippen molar-refractivity contribution in [1.82, 2.24) is 5.32 Å². The van der Waals surface area contributed by atoms with E-state index in [4.69, 9.17) is 4.74 Å². The van der Waals surface area contributed by atoms with Crippen LogP contribution < -0.4 is 15.4 Å². The zero-order valence-electron chi connectivity index (χ0n) is 14.6. The van der Waals surface area contributed by atoms with E-state index in [1.807, 2.05) is 54.6 Å². The summed E-state index contributed by atoms with van der Waals surface area (Å²) in [6, 6.07) is 20.7. The molecule has 2 amide bonds. The number of aliphatic hydroxyl groups is 1. The molecule has 0 saturated carbocycles. The molecule has 26 heavy (non-hydrogen) atoms. The van der Waals surface area contributed by atoms with Crippen molar-refractivity contribution in [1.29, 1.82) is 0 Å². The second-order valence-corrected chi connectivity index (χ2v) is 5.95. The molecule has 134 valence electrons. The number of para-hydroxylation sites is 2. The largest absolute Gasteiger partial charge is 0.495 e. The van der Waals surface area contributed by atoms with Gasteiger partial charge in [0.2, 0.25) is 0 Å². The van der Waals surface area contributed by atoms with Crippen LogP contribution >= 0.6 is 0 Å². The molecular weight excluding hydrogens is 328 g/mol. The lowest BCUT2D eigenvalue weighted by Gasteiger charge is -2.15. The van der Waals surface area contributed by atoms with Crippen LogP contribution in [-0.4, -0.2) is 24.8 Å². The molecule has 0 aliphatic carbocycles. The van der Waals surface area contributed by atoms with Gasteiger partial charge in [-0.25, -0.2) is 4.79 Å². The predicted octanol–water partition coefficient (Wildman–Crippen LogP) is 4.09. The number of methoxy groups -OCH3 is 1. The third-order valence-corrected chi connectivity index (χ3v) is 4.24. The van der Waals surface area contributed by atoms with Gasteiger partial charge in [0.25, 0.3) is 0 Å². The van der Waals surface area contributed by atoms with Crippen molar-refractivity contribution in [3.63, 3.8) is 0 Å². The SMILES string of the molecule is COc1ccccc1NC(=O)NCC[C@H](O)c1cccc2ccccc12. The molecule has 5 nitrogen and oxygen atoms in total. The summed E-state index contributed by atoms with van der Waals surface area (Å²) in [7, 11) is 1.55. The van der Waals surface area contributed by atoms with Crippen LogP contribution in [0.2, 0.25) is 0 Å². The van der Waals surface area contributed by atoms with Crippen molar-refractivity contribution in [2.24, 2.45) is 0 Å². The molecule has 0 fully saturated rings. The van der Waals surface area contributed by atoms with Crippen molar-refractivity contribution in [3.8, 4) is 5.75 Å². The van der Waals surface area contributed by atoms with Crippen LogP contribution in [0.15, 0.2) is 66.7 Å². The number of fused-ring (bicyclic) bond motifs is 1. The lowest BCUT2D eigenvalue weighted by atomic mass is 9.99. The van der Waals surface area contributed by atoms with Gasteiger partial charge in [-0.15, -0.1) is 0 Å². The summed E-state index contributed by atoms with van der Waals surface area (Å²) in [5.74, 6) is 0.596. The minimum Gasteiger partial charge on any atom is -0.495 e. The van der Waals surface area contributed by atoms with E-state index < -0.39 is 6.10 Å². The zero-order valence-corrected chi connectivity index (χ0v) is 14.6. The van der Waals surface area contributed by atoms with E-state index >= 15 is 0 Å². The Morgan fingerprint density at radius 1 is 1.04 bits per heavy atom. The molecular formula is C21H22N2O3. The maximum Gasteiger partial charge on any atom is 0.319 e. The molecule has 0 aliphatic rings. The summed E-state index contributed by atoms with van der Waals surface area (Å²) in [6.07, 6.45) is -0.222. The van der Waals surface area contributed by atoms with Gasteiger partial charge in [0, 0.05) is 6.54 Å². The highest BCUT2D eigenvalue weighted by Gasteiger charge is 2.12. The number of nitrogens with one attached hydrogen (secondary N) is 2. The number of benzene rings is 3. The summed E-state index contributed by atoms with van der Waals surface area (Å²) in [5.41, 5.74) is 1.47. The molecule has 0 aliphatic heterocycles. The molecule has 3 aromatic carbocycles. The first-order valence-electron chi connectivity index (χ1n) is 8.52. The highest BCUT2D eigenvalue weighted by molar-refractivity contribution is 5.91. The van der Waals surface area contributed by atoms with Crippen LogP contribution in [0.3, 0.4) is 0 Å². The normalized spacial score (nSPS) is 11.8. The zero-order chi connectivity index (χ0) is 18.4. The number of ether oxygens (including phenoxy) is 1. The Labute approximate surface area is 152 Å². The first-order valence-corrected chi connectivity index (χ1v) is 8.52. The third kappa shape index (κ3) is 4.13. The third-order valence-electron chi connectivity index (χ3n) is 4.24. The highest BCUT2D eigenvalue weighted by Crippen LogP contribution is 2.26. The first-order chi connectivity index (χ1) is 12.7. The molecule has 3 aromatic rings. The number of aliphatic hydroxyl groups excluding tert-OH is 1. The maximum absolute atomic E-state index is 12.1. The smallest absolute Gasteiger partial charge is 0.319 e. The second-order valence-electron chi connectivity index (χ2n) is 5.95. The Kier molecular flexibility index (Phi) is 5.71. The summed E-state index contributed by atoms with van der Waals surface area (Å²) in [5, 5.41) is 18.1. The van der Waals surface area contributed by atoms with Gasteiger partial charge in [-0.05, 0) is 34.9 Å². The van der Waals surface area contributed by atoms with E-state index in [-0.39, 0.29) is 6.03 Å². The number of urea groups is 1. The van der Waals surface area contributed by atoms with Gasteiger partial charge < -0.3 is 20.5 Å². The van der Waals surface area contributed by atoms with Gasteiger partial charge in [0.1, 0.15) is 5.75 Å². The topological polar surface area (TPSA) is 70.6 Å². The van der Waals surface area contributed by atoms with E-state index in [1.54, 1.807) is 19.2 Å². The predicted molar refractivity (Wildman–Crippen MR) is 104 cm³/mol. The van der Waals surface area contributed by atoms with Gasteiger partial charge in [0.05, 0.1) is 18.9 Å². The summed E-state index contributed by atoms with van der Waals surface area (Å²) >= 11 is 0. The molecule has 3 N–H and O–H groups in total. The minimum absolute atomic E-state index is 0.334. The van der Waals surface area contributed by atoms with Crippen LogP contribution in [0.25, 0.3) is 10.8 Å².